The minimum absolute atomic E-state index is 0.0311. The Morgan fingerprint density at radius 3 is 2.25 bits per heavy atom. The molecule has 1 heterocycles. The number of rotatable bonds is 1. The van der Waals surface area contributed by atoms with Gasteiger partial charge in [-0.1, -0.05) is 17.7 Å². The van der Waals surface area contributed by atoms with Crippen molar-refractivity contribution in [2.24, 2.45) is 0 Å². The second kappa shape index (κ2) is 5.05. The van der Waals surface area contributed by atoms with E-state index in [4.69, 9.17) is 11.6 Å². The number of hydrogen-bond donors (Lipinski definition) is 0. The van der Waals surface area contributed by atoms with Gasteiger partial charge in [0.25, 0.3) is 0 Å². The molecule has 0 atom stereocenters. The van der Waals surface area contributed by atoms with Crippen molar-refractivity contribution in [1.29, 1.82) is 0 Å². The summed E-state index contributed by atoms with van der Waals surface area (Å²) in [6.45, 7) is 3.31. The quantitative estimate of drug-likeness (QED) is 0.523. The molecule has 6 heteroatoms. The lowest BCUT2D eigenvalue weighted by Crippen LogP contribution is -2.06. The Balaban J connectivity index is 2.68. The second-order valence-corrected chi connectivity index (χ2v) is 4.89. The van der Waals surface area contributed by atoms with Gasteiger partial charge in [-0.25, -0.2) is 9.37 Å². The van der Waals surface area contributed by atoms with Crippen molar-refractivity contribution in [3.63, 3.8) is 0 Å². The zero-order valence-corrected chi connectivity index (χ0v) is 11.4. The normalized spacial score (nSPS) is 11.8. The molecule has 0 saturated heterocycles. The molecule has 0 aliphatic carbocycles. The van der Waals surface area contributed by atoms with Crippen LogP contribution in [0.25, 0.3) is 11.3 Å². The summed E-state index contributed by atoms with van der Waals surface area (Å²) in [5.41, 5.74) is 0.141. The number of aryl methyl sites for hydroxylation is 2. The summed E-state index contributed by atoms with van der Waals surface area (Å²) >= 11 is 5.61. The molecule has 0 fully saturated rings. The molecule has 0 aliphatic heterocycles. The number of alkyl halides is 3. The smallest absolute Gasteiger partial charge is 0.236 e. The van der Waals surface area contributed by atoms with Crippen molar-refractivity contribution in [3.8, 4) is 11.3 Å². The van der Waals surface area contributed by atoms with Crippen LogP contribution in [0.5, 0.6) is 0 Å². The molecule has 0 aliphatic rings. The van der Waals surface area contributed by atoms with Gasteiger partial charge in [0.05, 0.1) is 11.3 Å². The van der Waals surface area contributed by atoms with Crippen molar-refractivity contribution < 1.29 is 17.6 Å². The van der Waals surface area contributed by atoms with E-state index in [1.54, 1.807) is 19.9 Å². The lowest BCUT2D eigenvalue weighted by Gasteiger charge is -2.12. The van der Waals surface area contributed by atoms with E-state index in [1.807, 2.05) is 0 Å². The summed E-state index contributed by atoms with van der Waals surface area (Å²) in [4.78, 5) is 3.79. The predicted octanol–water partition coefficient (Wildman–Crippen LogP) is 5.18. The van der Waals surface area contributed by atoms with Gasteiger partial charge in [0.2, 0.25) is 0 Å². The van der Waals surface area contributed by atoms with Crippen LogP contribution in [0.2, 0.25) is 5.15 Å². The molecular weight excluding hydrogens is 294 g/mol. The van der Waals surface area contributed by atoms with Crippen molar-refractivity contribution in [3.05, 3.63) is 51.9 Å². The van der Waals surface area contributed by atoms with E-state index in [0.717, 1.165) is 6.07 Å². The van der Waals surface area contributed by atoms with Gasteiger partial charge >= 0.3 is 6.18 Å². The molecule has 1 aromatic carbocycles. The maximum atomic E-state index is 14.0. The topological polar surface area (TPSA) is 12.9 Å². The van der Waals surface area contributed by atoms with E-state index in [9.17, 15) is 17.6 Å². The number of aromatic nitrogens is 1. The number of halogens is 5. The van der Waals surface area contributed by atoms with Crippen LogP contribution < -0.4 is 0 Å². The van der Waals surface area contributed by atoms with Crippen LogP contribution in [0.1, 0.15) is 16.7 Å². The van der Waals surface area contributed by atoms with Gasteiger partial charge in [0.1, 0.15) is 11.0 Å². The monoisotopic (exact) mass is 303 g/mol. The predicted molar refractivity (Wildman–Crippen MR) is 69.1 cm³/mol. The van der Waals surface area contributed by atoms with Crippen LogP contribution in [-0.4, -0.2) is 4.98 Å². The zero-order chi connectivity index (χ0) is 15.1. The Hall–Kier alpha value is -1.62. The molecule has 2 aromatic rings. The zero-order valence-electron chi connectivity index (χ0n) is 10.6. The molecule has 0 bridgehead atoms. The molecular formula is C14H10ClF4N. The van der Waals surface area contributed by atoms with Crippen LogP contribution in [0.15, 0.2) is 24.3 Å². The average molecular weight is 304 g/mol. The van der Waals surface area contributed by atoms with E-state index >= 15 is 0 Å². The Bertz CT molecular complexity index is 642. The molecule has 0 radical (unpaired) electrons. The summed E-state index contributed by atoms with van der Waals surface area (Å²) < 4.78 is 52.2. The average Bonchev–Trinajstić information content (AvgIpc) is 2.25. The number of benzene rings is 1. The third-order valence-electron chi connectivity index (χ3n) is 2.81. The molecule has 2 rings (SSSR count). The highest BCUT2D eigenvalue weighted by Crippen LogP contribution is 2.35. The fourth-order valence-corrected chi connectivity index (χ4v) is 2.24. The SMILES string of the molecule is Cc1cc(C)c(-c2cc(C(F)(F)F)cc(Cl)n2)c(F)c1. The van der Waals surface area contributed by atoms with Gasteiger partial charge in [0.15, 0.2) is 0 Å². The maximum absolute atomic E-state index is 14.0. The minimum Gasteiger partial charge on any atom is -0.236 e. The molecule has 0 unspecified atom stereocenters. The highest BCUT2D eigenvalue weighted by molar-refractivity contribution is 6.29. The largest absolute Gasteiger partial charge is 0.416 e. The molecule has 20 heavy (non-hydrogen) atoms. The van der Waals surface area contributed by atoms with Gasteiger partial charge in [-0.05, 0) is 43.2 Å². The van der Waals surface area contributed by atoms with E-state index in [1.165, 1.54) is 6.07 Å². The summed E-state index contributed by atoms with van der Waals surface area (Å²) in [6.07, 6.45) is -4.56. The highest BCUT2D eigenvalue weighted by Gasteiger charge is 2.32. The Labute approximate surface area is 118 Å². The van der Waals surface area contributed by atoms with E-state index in [2.05, 4.69) is 4.98 Å². The van der Waals surface area contributed by atoms with Crippen LogP contribution in [0, 0.1) is 19.7 Å². The maximum Gasteiger partial charge on any atom is 0.416 e. The van der Waals surface area contributed by atoms with Crippen molar-refractivity contribution >= 4 is 11.6 Å². The fourth-order valence-electron chi connectivity index (χ4n) is 2.03. The van der Waals surface area contributed by atoms with E-state index < -0.39 is 17.6 Å². The van der Waals surface area contributed by atoms with Gasteiger partial charge in [-0.3, -0.25) is 0 Å². The molecule has 0 spiro atoms. The van der Waals surface area contributed by atoms with Gasteiger partial charge in [-0.15, -0.1) is 0 Å². The molecule has 106 valence electrons. The number of pyridine rings is 1. The first-order valence-corrected chi connectivity index (χ1v) is 6.08. The van der Waals surface area contributed by atoms with E-state index in [0.29, 0.717) is 17.2 Å². The van der Waals surface area contributed by atoms with Gasteiger partial charge in [0, 0.05) is 5.56 Å². The molecule has 0 saturated carbocycles. The lowest BCUT2D eigenvalue weighted by molar-refractivity contribution is -0.137. The first kappa shape index (κ1) is 14.8. The van der Waals surface area contributed by atoms with Gasteiger partial charge < -0.3 is 0 Å². The summed E-state index contributed by atoms with van der Waals surface area (Å²) in [5, 5.41) is -0.325. The fraction of sp³-hybridized carbons (Fsp3) is 0.214. The first-order valence-electron chi connectivity index (χ1n) is 5.70. The van der Waals surface area contributed by atoms with Gasteiger partial charge in [-0.2, -0.15) is 13.2 Å². The lowest BCUT2D eigenvalue weighted by atomic mass is 10.0. The third kappa shape index (κ3) is 2.93. The number of hydrogen-bond acceptors (Lipinski definition) is 1. The molecule has 1 aromatic heterocycles. The molecule has 0 amide bonds. The molecule has 1 nitrogen and oxygen atoms in total. The molecule has 0 N–H and O–H groups in total. The van der Waals surface area contributed by atoms with E-state index in [-0.39, 0.29) is 16.4 Å². The Morgan fingerprint density at radius 2 is 1.70 bits per heavy atom. The number of nitrogens with zero attached hydrogens (tertiary/aromatic N) is 1. The van der Waals surface area contributed by atoms with Crippen molar-refractivity contribution in [2.75, 3.05) is 0 Å². The standard InChI is InChI=1S/C14H10ClF4N/c1-7-3-8(2)13(10(16)4-7)11-5-9(14(17,18)19)6-12(15)20-11/h3-6H,1-2H3. The summed E-state index contributed by atoms with van der Waals surface area (Å²) in [5.74, 6) is -0.620. The summed E-state index contributed by atoms with van der Waals surface area (Å²) in [7, 11) is 0. The minimum atomic E-state index is -4.56. The Morgan fingerprint density at radius 1 is 1.05 bits per heavy atom. The van der Waals surface area contributed by atoms with Crippen LogP contribution in [0.3, 0.4) is 0 Å². The highest BCUT2D eigenvalue weighted by atomic mass is 35.5. The first-order chi connectivity index (χ1) is 9.18. The second-order valence-electron chi connectivity index (χ2n) is 4.50. The van der Waals surface area contributed by atoms with Crippen LogP contribution >= 0.6 is 11.6 Å². The van der Waals surface area contributed by atoms with Crippen molar-refractivity contribution in [2.45, 2.75) is 20.0 Å². The Kier molecular flexibility index (Phi) is 3.73. The van der Waals surface area contributed by atoms with Crippen molar-refractivity contribution in [1.82, 2.24) is 4.98 Å². The third-order valence-corrected chi connectivity index (χ3v) is 3.00. The van der Waals surface area contributed by atoms with Crippen LogP contribution in [0.4, 0.5) is 17.6 Å². The summed E-state index contributed by atoms with van der Waals surface area (Å²) in [6, 6.07) is 4.44. The van der Waals surface area contributed by atoms with Crippen LogP contribution in [-0.2, 0) is 6.18 Å².